The van der Waals surface area contributed by atoms with Gasteiger partial charge in [-0.1, -0.05) is 19.9 Å². The molecule has 0 amide bonds. The van der Waals surface area contributed by atoms with E-state index in [1.165, 1.54) is 0 Å². The molecule has 0 N–H and O–H groups in total. The maximum atomic E-state index is 3.66. The van der Waals surface area contributed by atoms with E-state index in [2.05, 4.69) is 16.9 Å². The summed E-state index contributed by atoms with van der Waals surface area (Å²) in [6, 6.07) is 0. The fraction of sp³-hybridized carbons (Fsp3) is 0.500. The van der Waals surface area contributed by atoms with Gasteiger partial charge in [0.25, 0.3) is 0 Å². The molecule has 0 heterocycles. The summed E-state index contributed by atoms with van der Waals surface area (Å²) in [7, 11) is 0. The molecule has 0 aromatic rings. The summed E-state index contributed by atoms with van der Waals surface area (Å²) >= 11 is 0. The summed E-state index contributed by atoms with van der Waals surface area (Å²) in [6.45, 7) is 11.0. The molecule has 0 unspecified atom stereocenters. The van der Waals surface area contributed by atoms with Crippen LogP contribution >= 0.6 is 0 Å². The molecule has 0 rings (SSSR count). The molecule has 10 heavy (non-hydrogen) atoms. The molecule has 0 spiro atoms. The van der Waals surface area contributed by atoms with Crippen molar-refractivity contribution in [3.05, 3.63) is 12.2 Å². The third kappa shape index (κ3) is 10.1. The zero-order chi connectivity index (χ0) is 8.41. The molecule has 0 aromatic carbocycles. The second-order valence-electron chi connectivity index (χ2n) is 1.38. The molecular formula is C8H16N2. The molecule has 2 heteroatoms. The third-order valence-corrected chi connectivity index (χ3v) is 0.636. The van der Waals surface area contributed by atoms with Crippen molar-refractivity contribution in [3.63, 3.8) is 0 Å². The van der Waals surface area contributed by atoms with Crippen LogP contribution in [0.15, 0.2) is 22.4 Å². The van der Waals surface area contributed by atoms with E-state index in [4.69, 9.17) is 0 Å². The van der Waals surface area contributed by atoms with E-state index in [9.17, 15) is 0 Å². The Morgan fingerprint density at radius 3 is 2.20 bits per heavy atom. The fourth-order valence-electron chi connectivity index (χ4n) is 0.386. The average molecular weight is 140 g/mol. The van der Waals surface area contributed by atoms with E-state index < -0.39 is 0 Å². The van der Waals surface area contributed by atoms with Gasteiger partial charge in [0.15, 0.2) is 0 Å². The lowest BCUT2D eigenvalue weighted by Gasteiger charge is -1.80. The van der Waals surface area contributed by atoms with Gasteiger partial charge in [0.1, 0.15) is 0 Å². The topological polar surface area (TPSA) is 24.7 Å². The van der Waals surface area contributed by atoms with E-state index >= 15 is 0 Å². The van der Waals surface area contributed by atoms with Crippen LogP contribution in [0, 0.1) is 0 Å². The molecule has 0 aliphatic carbocycles. The van der Waals surface area contributed by atoms with Gasteiger partial charge in [-0.05, 0) is 19.9 Å². The Labute approximate surface area is 63.4 Å². The molecule has 0 aliphatic heterocycles. The summed E-state index contributed by atoms with van der Waals surface area (Å²) in [5.41, 5.74) is 0.877. The lowest BCUT2D eigenvalue weighted by molar-refractivity contribution is 1.26. The summed E-state index contributed by atoms with van der Waals surface area (Å²) in [6.07, 6.45) is 3.78. The third-order valence-electron chi connectivity index (χ3n) is 0.636. The average Bonchev–Trinajstić information content (AvgIpc) is 1.93. The first-order chi connectivity index (χ1) is 4.81. The van der Waals surface area contributed by atoms with Gasteiger partial charge >= 0.3 is 0 Å². The van der Waals surface area contributed by atoms with E-state index in [-0.39, 0.29) is 0 Å². The van der Waals surface area contributed by atoms with Gasteiger partial charge < -0.3 is 0 Å². The zero-order valence-electron chi connectivity index (χ0n) is 7.26. The molecule has 0 aromatic heterocycles. The van der Waals surface area contributed by atoms with Crippen LogP contribution in [-0.2, 0) is 0 Å². The lowest BCUT2D eigenvalue weighted by Crippen LogP contribution is -1.79. The Hall–Kier alpha value is -0.920. The molecule has 0 aliphatic rings. The molecule has 0 saturated carbocycles. The Kier molecular flexibility index (Phi) is 13.0. The fourth-order valence-corrected chi connectivity index (χ4v) is 0.386. The highest BCUT2D eigenvalue weighted by molar-refractivity contribution is 5.92. The van der Waals surface area contributed by atoms with Crippen molar-refractivity contribution in [1.29, 1.82) is 0 Å². The number of hydrogen-bond donors (Lipinski definition) is 0. The first kappa shape index (κ1) is 11.8. The van der Waals surface area contributed by atoms with Crippen molar-refractivity contribution in [1.82, 2.24) is 0 Å². The summed E-state index contributed by atoms with van der Waals surface area (Å²) in [5.74, 6) is 0. The standard InChI is InChI=1S/C6H10N2.C2H6/c1-4-5-6(2)8-7-3;1-2/h4-5H,3H2,1-2H3;1-2H3/b5-4-,8-6-;. The Balaban J connectivity index is 0. The monoisotopic (exact) mass is 140 g/mol. The van der Waals surface area contributed by atoms with Gasteiger partial charge in [-0.2, -0.15) is 10.2 Å². The SMILES string of the molecule is C=N/N=C(C)\C=C/C.CC. The van der Waals surface area contributed by atoms with Crippen LogP contribution in [0.25, 0.3) is 0 Å². The van der Waals surface area contributed by atoms with Crippen LogP contribution in [0.2, 0.25) is 0 Å². The molecular weight excluding hydrogens is 124 g/mol. The Morgan fingerprint density at radius 2 is 1.90 bits per heavy atom. The van der Waals surface area contributed by atoms with Gasteiger partial charge in [-0.3, -0.25) is 0 Å². The lowest BCUT2D eigenvalue weighted by atomic mass is 10.4. The van der Waals surface area contributed by atoms with Crippen molar-refractivity contribution in [2.75, 3.05) is 0 Å². The van der Waals surface area contributed by atoms with Crippen molar-refractivity contribution < 1.29 is 0 Å². The molecule has 0 saturated heterocycles. The van der Waals surface area contributed by atoms with Crippen LogP contribution in [0.3, 0.4) is 0 Å². The molecule has 0 radical (unpaired) electrons. The number of hydrogen-bond acceptors (Lipinski definition) is 2. The summed E-state index contributed by atoms with van der Waals surface area (Å²) < 4.78 is 0. The van der Waals surface area contributed by atoms with Gasteiger partial charge in [0, 0.05) is 6.72 Å². The molecule has 0 fully saturated rings. The summed E-state index contributed by atoms with van der Waals surface area (Å²) in [5, 5.41) is 7.00. The van der Waals surface area contributed by atoms with Gasteiger partial charge in [0.05, 0.1) is 5.71 Å². The van der Waals surface area contributed by atoms with Crippen LogP contribution in [0.1, 0.15) is 27.7 Å². The van der Waals surface area contributed by atoms with Crippen molar-refractivity contribution in [2.24, 2.45) is 10.2 Å². The first-order valence-corrected chi connectivity index (χ1v) is 3.44. The molecule has 0 atom stereocenters. The van der Waals surface area contributed by atoms with Gasteiger partial charge in [0.2, 0.25) is 0 Å². The molecule has 2 nitrogen and oxygen atoms in total. The predicted molar refractivity (Wildman–Crippen MR) is 48.8 cm³/mol. The zero-order valence-corrected chi connectivity index (χ0v) is 7.26. The van der Waals surface area contributed by atoms with Crippen molar-refractivity contribution >= 4 is 12.4 Å². The molecule has 58 valence electrons. The molecule has 0 bridgehead atoms. The van der Waals surface area contributed by atoms with Crippen LogP contribution in [0.5, 0.6) is 0 Å². The highest BCUT2D eigenvalue weighted by atomic mass is 15.2. The van der Waals surface area contributed by atoms with Gasteiger partial charge in [-0.25, -0.2) is 0 Å². The highest BCUT2D eigenvalue weighted by Crippen LogP contribution is 1.79. The van der Waals surface area contributed by atoms with Crippen LogP contribution in [-0.4, -0.2) is 12.4 Å². The highest BCUT2D eigenvalue weighted by Gasteiger charge is 1.74. The van der Waals surface area contributed by atoms with E-state index in [0.29, 0.717) is 0 Å². The van der Waals surface area contributed by atoms with E-state index in [1.54, 1.807) is 0 Å². The predicted octanol–water partition coefficient (Wildman–Crippen LogP) is 2.67. The minimum absolute atomic E-state index is 0.877. The maximum absolute atomic E-state index is 3.66. The van der Waals surface area contributed by atoms with E-state index in [1.807, 2.05) is 39.8 Å². The van der Waals surface area contributed by atoms with E-state index in [0.717, 1.165) is 5.71 Å². The number of allylic oxidation sites excluding steroid dienone is 2. The van der Waals surface area contributed by atoms with Gasteiger partial charge in [-0.15, -0.1) is 0 Å². The Bertz CT molecular complexity index is 123. The smallest absolute Gasteiger partial charge is 0.0596 e. The second kappa shape index (κ2) is 11.0. The van der Waals surface area contributed by atoms with Crippen LogP contribution < -0.4 is 0 Å². The quantitative estimate of drug-likeness (QED) is 0.416. The maximum Gasteiger partial charge on any atom is 0.0596 e. The minimum atomic E-state index is 0.877. The summed E-state index contributed by atoms with van der Waals surface area (Å²) in [4.78, 5) is 0. The van der Waals surface area contributed by atoms with Crippen LogP contribution in [0.4, 0.5) is 0 Å². The van der Waals surface area contributed by atoms with Crippen molar-refractivity contribution in [3.8, 4) is 0 Å². The number of nitrogens with zero attached hydrogens (tertiary/aromatic N) is 2. The van der Waals surface area contributed by atoms with Crippen molar-refractivity contribution in [2.45, 2.75) is 27.7 Å². The number of rotatable bonds is 2. The first-order valence-electron chi connectivity index (χ1n) is 3.44. The minimum Gasteiger partial charge on any atom is -0.167 e. The Morgan fingerprint density at radius 1 is 1.40 bits per heavy atom. The second-order valence-corrected chi connectivity index (χ2v) is 1.38. The largest absolute Gasteiger partial charge is 0.167 e. The normalized spacial score (nSPS) is 10.6.